The molecule has 2 N–H and O–H groups in total. The Balaban J connectivity index is 2.31. The third kappa shape index (κ3) is 6.09. The van der Waals surface area contributed by atoms with Crippen LogP contribution in [0, 0.1) is 5.41 Å². The Morgan fingerprint density at radius 2 is 1.87 bits per heavy atom. The normalized spacial score (nSPS) is 20.3. The molecule has 1 aliphatic carbocycles. The van der Waals surface area contributed by atoms with E-state index in [0.717, 1.165) is 29.7 Å². The molecule has 3 nitrogen and oxygen atoms in total. The van der Waals surface area contributed by atoms with Gasteiger partial charge in [-0.2, -0.15) is 0 Å². The number of rotatable bonds is 7. The van der Waals surface area contributed by atoms with Crippen LogP contribution in [0.3, 0.4) is 0 Å². The molecule has 2 rings (SSSR count). The van der Waals surface area contributed by atoms with Crippen LogP contribution in [-0.2, 0) is 4.79 Å². The van der Waals surface area contributed by atoms with Gasteiger partial charge in [0.1, 0.15) is 5.75 Å². The fourth-order valence-corrected chi connectivity index (χ4v) is 4.17. The van der Waals surface area contributed by atoms with Gasteiger partial charge in [0.15, 0.2) is 0 Å². The van der Waals surface area contributed by atoms with Crippen molar-refractivity contribution in [3.05, 3.63) is 88.6 Å². The highest BCUT2D eigenvalue weighted by Crippen LogP contribution is 2.48. The molecule has 1 unspecified atom stereocenters. The fraction of sp³-hybridized carbons (Fsp3) is 0.370. The number of primary amides is 1. The molecular formula is C27H35NO2. The van der Waals surface area contributed by atoms with Gasteiger partial charge in [-0.05, 0) is 56.2 Å². The van der Waals surface area contributed by atoms with Gasteiger partial charge in [0.25, 0.3) is 0 Å². The van der Waals surface area contributed by atoms with E-state index in [-0.39, 0.29) is 5.41 Å². The van der Waals surface area contributed by atoms with Crippen molar-refractivity contribution < 1.29 is 9.53 Å². The summed E-state index contributed by atoms with van der Waals surface area (Å²) in [6, 6.07) is 8.35. The summed E-state index contributed by atoms with van der Waals surface area (Å²) in [6.45, 7) is 10.8. The van der Waals surface area contributed by atoms with Crippen molar-refractivity contribution >= 4 is 5.91 Å². The molecule has 0 saturated carbocycles. The first-order valence-electron chi connectivity index (χ1n) is 10.5. The monoisotopic (exact) mass is 405 g/mol. The standard InChI is InChI=1S/C27H35NO2/c1-19(10-9-11-20(2)18-26(28)29)14-15-24-21(3)22(16-17-27(24,4)5)23-12-7-8-13-25(23)30-6/h7-15,18,22H,16-17H2,1-6H3,(H2,28,29)/b11-9+,15-14+,19-10+,20-18+. The maximum Gasteiger partial charge on any atom is 0.241 e. The summed E-state index contributed by atoms with van der Waals surface area (Å²) in [7, 11) is 1.74. The van der Waals surface area contributed by atoms with Gasteiger partial charge in [-0.1, -0.05) is 73.6 Å². The summed E-state index contributed by atoms with van der Waals surface area (Å²) in [6.07, 6.45) is 14.0. The quantitative estimate of drug-likeness (QED) is 0.421. The highest BCUT2D eigenvalue weighted by molar-refractivity contribution is 5.86. The van der Waals surface area contributed by atoms with Crippen LogP contribution in [0.15, 0.2) is 83.0 Å². The van der Waals surface area contributed by atoms with Crippen LogP contribution < -0.4 is 10.5 Å². The van der Waals surface area contributed by atoms with E-state index < -0.39 is 5.91 Å². The minimum Gasteiger partial charge on any atom is -0.496 e. The summed E-state index contributed by atoms with van der Waals surface area (Å²) in [4.78, 5) is 10.9. The second kappa shape index (κ2) is 10.3. The molecule has 0 radical (unpaired) electrons. The van der Waals surface area contributed by atoms with Gasteiger partial charge < -0.3 is 10.5 Å². The molecule has 0 spiro atoms. The Morgan fingerprint density at radius 1 is 1.17 bits per heavy atom. The van der Waals surface area contributed by atoms with E-state index in [4.69, 9.17) is 10.5 Å². The molecule has 0 aliphatic heterocycles. The lowest BCUT2D eigenvalue weighted by molar-refractivity contribution is -0.113. The number of amides is 1. The second-order valence-corrected chi connectivity index (χ2v) is 8.71. The predicted molar refractivity (Wildman–Crippen MR) is 126 cm³/mol. The van der Waals surface area contributed by atoms with Gasteiger partial charge in [0.05, 0.1) is 7.11 Å². The number of hydrogen-bond donors (Lipinski definition) is 1. The van der Waals surface area contributed by atoms with Gasteiger partial charge >= 0.3 is 0 Å². The minimum absolute atomic E-state index is 0.135. The van der Waals surface area contributed by atoms with Crippen LogP contribution >= 0.6 is 0 Å². The third-order valence-corrected chi connectivity index (χ3v) is 5.85. The van der Waals surface area contributed by atoms with E-state index in [9.17, 15) is 4.79 Å². The van der Waals surface area contributed by atoms with E-state index in [1.165, 1.54) is 22.8 Å². The fourth-order valence-electron chi connectivity index (χ4n) is 4.17. The van der Waals surface area contributed by atoms with Gasteiger partial charge in [-0.25, -0.2) is 0 Å². The van der Waals surface area contributed by atoms with E-state index in [1.54, 1.807) is 7.11 Å². The van der Waals surface area contributed by atoms with Gasteiger partial charge in [0.2, 0.25) is 5.91 Å². The van der Waals surface area contributed by atoms with Crippen LogP contribution in [0.2, 0.25) is 0 Å². The van der Waals surface area contributed by atoms with Crippen molar-refractivity contribution in [1.29, 1.82) is 0 Å². The van der Waals surface area contributed by atoms with Crippen LogP contribution in [0.4, 0.5) is 0 Å². The van der Waals surface area contributed by atoms with Crippen LogP contribution in [0.5, 0.6) is 5.75 Å². The van der Waals surface area contributed by atoms with Gasteiger partial charge in [-0.15, -0.1) is 0 Å². The number of carbonyl (C=O) groups is 1. The number of nitrogens with two attached hydrogens (primary N) is 1. The van der Waals surface area contributed by atoms with Crippen LogP contribution in [0.1, 0.15) is 58.9 Å². The van der Waals surface area contributed by atoms with Gasteiger partial charge in [-0.3, -0.25) is 4.79 Å². The molecule has 0 heterocycles. The summed E-state index contributed by atoms with van der Waals surface area (Å²) in [5.41, 5.74) is 11.4. The van der Waals surface area contributed by atoms with Crippen molar-refractivity contribution in [2.45, 2.75) is 53.4 Å². The number of allylic oxidation sites excluding steroid dienone is 9. The second-order valence-electron chi connectivity index (χ2n) is 8.71. The lowest BCUT2D eigenvalue weighted by Gasteiger charge is -2.38. The number of ether oxygens (including phenoxy) is 1. The van der Waals surface area contributed by atoms with E-state index in [1.807, 2.05) is 37.3 Å². The lowest BCUT2D eigenvalue weighted by Crippen LogP contribution is -2.23. The van der Waals surface area contributed by atoms with Crippen LogP contribution in [-0.4, -0.2) is 13.0 Å². The largest absolute Gasteiger partial charge is 0.496 e. The first-order valence-corrected chi connectivity index (χ1v) is 10.5. The molecule has 3 heteroatoms. The third-order valence-electron chi connectivity index (χ3n) is 5.85. The highest BCUT2D eigenvalue weighted by atomic mass is 16.5. The van der Waals surface area contributed by atoms with Crippen LogP contribution in [0.25, 0.3) is 0 Å². The molecule has 1 aromatic carbocycles. The molecule has 1 aliphatic rings. The summed E-state index contributed by atoms with van der Waals surface area (Å²) in [5, 5.41) is 0. The Kier molecular flexibility index (Phi) is 8.05. The maximum atomic E-state index is 10.9. The number of methoxy groups -OCH3 is 1. The first-order chi connectivity index (χ1) is 14.2. The molecule has 30 heavy (non-hydrogen) atoms. The molecule has 1 atom stereocenters. The first kappa shape index (κ1) is 23.5. The molecular weight excluding hydrogens is 370 g/mol. The molecule has 0 saturated heterocycles. The Labute approximate surface area is 181 Å². The molecule has 1 aromatic rings. The molecule has 0 bridgehead atoms. The molecule has 160 valence electrons. The molecule has 0 fully saturated rings. The summed E-state index contributed by atoms with van der Waals surface area (Å²) >= 11 is 0. The Bertz CT molecular complexity index is 926. The van der Waals surface area contributed by atoms with Crippen molar-refractivity contribution in [1.82, 2.24) is 0 Å². The predicted octanol–water partition coefficient (Wildman–Crippen LogP) is 6.41. The Morgan fingerprint density at radius 3 is 2.53 bits per heavy atom. The van der Waals surface area contributed by atoms with Crippen molar-refractivity contribution in [2.75, 3.05) is 7.11 Å². The topological polar surface area (TPSA) is 52.3 Å². The Hall–Kier alpha value is -2.81. The smallest absolute Gasteiger partial charge is 0.241 e. The number of carbonyl (C=O) groups excluding carboxylic acids is 1. The zero-order valence-electron chi connectivity index (χ0n) is 19.2. The number of hydrogen-bond acceptors (Lipinski definition) is 2. The zero-order valence-corrected chi connectivity index (χ0v) is 19.2. The average Bonchev–Trinajstić information content (AvgIpc) is 2.67. The SMILES string of the molecule is COc1ccccc1C1CCC(C)(C)C(/C=C/C(C)=C/C=C/C(C)=C/C(N)=O)=C1C. The maximum absolute atomic E-state index is 10.9. The lowest BCUT2D eigenvalue weighted by atomic mass is 9.67. The summed E-state index contributed by atoms with van der Waals surface area (Å²) < 4.78 is 5.63. The minimum atomic E-state index is -0.427. The van der Waals surface area contributed by atoms with Crippen molar-refractivity contribution in [3.8, 4) is 5.75 Å². The number of para-hydroxylation sites is 1. The van der Waals surface area contributed by atoms with E-state index in [2.05, 4.69) is 52.0 Å². The van der Waals surface area contributed by atoms with E-state index in [0.29, 0.717) is 5.92 Å². The van der Waals surface area contributed by atoms with Crippen molar-refractivity contribution in [2.24, 2.45) is 11.1 Å². The van der Waals surface area contributed by atoms with Crippen molar-refractivity contribution in [3.63, 3.8) is 0 Å². The summed E-state index contributed by atoms with van der Waals surface area (Å²) in [5.74, 6) is 0.911. The highest BCUT2D eigenvalue weighted by Gasteiger charge is 2.33. The number of benzene rings is 1. The molecule has 0 aromatic heterocycles. The zero-order chi connectivity index (χ0) is 22.3. The van der Waals surface area contributed by atoms with Gasteiger partial charge in [0, 0.05) is 17.6 Å². The van der Waals surface area contributed by atoms with E-state index >= 15 is 0 Å². The average molecular weight is 406 g/mol. The molecule has 1 amide bonds.